The fraction of sp³-hybridized carbons (Fsp3) is 1.00. The minimum absolute atomic E-state index is 0.150. The van der Waals surface area contributed by atoms with Gasteiger partial charge in [-0.2, -0.15) is 13.2 Å². The van der Waals surface area contributed by atoms with Crippen LogP contribution in [0.1, 0.15) is 27.2 Å². The lowest BCUT2D eigenvalue weighted by Gasteiger charge is -2.18. The molecule has 11 heavy (non-hydrogen) atoms. The fourth-order valence-electron chi connectivity index (χ4n) is 1.51. The van der Waals surface area contributed by atoms with E-state index in [0.29, 0.717) is 6.42 Å². The Hall–Kier alpha value is -0.210. The summed E-state index contributed by atoms with van der Waals surface area (Å²) in [5, 5.41) is 0. The molecule has 0 aromatic heterocycles. The average Bonchev–Trinajstić information content (AvgIpc) is 2.30. The van der Waals surface area contributed by atoms with Crippen molar-refractivity contribution in [1.82, 2.24) is 0 Å². The van der Waals surface area contributed by atoms with E-state index in [1.54, 1.807) is 0 Å². The zero-order valence-electron chi connectivity index (χ0n) is 7.00. The Morgan fingerprint density at radius 2 is 1.45 bits per heavy atom. The maximum absolute atomic E-state index is 12.0. The third-order valence-electron chi connectivity index (χ3n) is 2.32. The summed E-state index contributed by atoms with van der Waals surface area (Å²) in [4.78, 5) is 0. The monoisotopic (exact) mass is 166 g/mol. The fourth-order valence-corrected chi connectivity index (χ4v) is 1.51. The second-order valence-corrected chi connectivity index (χ2v) is 4.36. The van der Waals surface area contributed by atoms with Crippen molar-refractivity contribution in [2.75, 3.05) is 0 Å². The van der Waals surface area contributed by atoms with Crippen molar-refractivity contribution in [3.63, 3.8) is 0 Å². The molecular weight excluding hydrogens is 153 g/mol. The Kier molecular flexibility index (Phi) is 1.73. The highest BCUT2D eigenvalue weighted by atomic mass is 19.4. The largest absolute Gasteiger partial charge is 0.392 e. The van der Waals surface area contributed by atoms with E-state index in [2.05, 4.69) is 0 Å². The Bertz CT molecular complexity index is 134. The van der Waals surface area contributed by atoms with Crippen LogP contribution in [-0.2, 0) is 0 Å². The third-order valence-corrected chi connectivity index (χ3v) is 2.32. The molecule has 0 aromatic rings. The Labute approximate surface area is 64.8 Å². The van der Waals surface area contributed by atoms with Gasteiger partial charge in [0.05, 0.1) is 5.92 Å². The molecule has 0 heterocycles. The predicted octanol–water partition coefficient (Wildman–Crippen LogP) is 3.23. The first-order valence-corrected chi connectivity index (χ1v) is 3.79. The molecule has 0 spiro atoms. The van der Waals surface area contributed by atoms with Crippen molar-refractivity contribution in [2.24, 2.45) is 17.3 Å². The molecule has 0 bridgehead atoms. The third kappa shape index (κ3) is 1.88. The van der Waals surface area contributed by atoms with Crippen molar-refractivity contribution in [2.45, 2.75) is 33.4 Å². The van der Waals surface area contributed by atoms with Gasteiger partial charge in [0, 0.05) is 0 Å². The SMILES string of the molecule is CC(C)(C)[C@@H]1CC1C(F)(F)F. The molecule has 0 nitrogen and oxygen atoms in total. The van der Waals surface area contributed by atoms with Gasteiger partial charge in [0.25, 0.3) is 0 Å². The highest BCUT2D eigenvalue weighted by Gasteiger charge is 2.59. The van der Waals surface area contributed by atoms with Gasteiger partial charge in [-0.05, 0) is 17.8 Å². The Morgan fingerprint density at radius 1 is 1.00 bits per heavy atom. The van der Waals surface area contributed by atoms with Gasteiger partial charge in [-0.25, -0.2) is 0 Å². The van der Waals surface area contributed by atoms with Crippen molar-refractivity contribution in [3.8, 4) is 0 Å². The normalized spacial score (nSPS) is 32.2. The van der Waals surface area contributed by atoms with E-state index >= 15 is 0 Å². The highest BCUT2D eigenvalue weighted by Crippen LogP contribution is 2.57. The zero-order chi connectivity index (χ0) is 8.86. The summed E-state index contributed by atoms with van der Waals surface area (Å²) in [6.45, 7) is 5.59. The lowest BCUT2D eigenvalue weighted by Crippen LogP contribution is -2.18. The maximum Gasteiger partial charge on any atom is 0.392 e. The number of rotatable bonds is 0. The van der Waals surface area contributed by atoms with Crippen LogP contribution in [-0.4, -0.2) is 6.18 Å². The van der Waals surface area contributed by atoms with Gasteiger partial charge in [0.1, 0.15) is 0 Å². The van der Waals surface area contributed by atoms with E-state index in [1.165, 1.54) is 0 Å². The molecule has 0 N–H and O–H groups in total. The van der Waals surface area contributed by atoms with Crippen LogP contribution in [0.4, 0.5) is 13.2 Å². The van der Waals surface area contributed by atoms with E-state index in [4.69, 9.17) is 0 Å². The standard InChI is InChI=1S/C8H13F3/c1-7(2,3)5-4-6(5)8(9,10)11/h5-6H,4H2,1-3H3/t5-,6?/m1/s1. The highest BCUT2D eigenvalue weighted by molar-refractivity contribution is 4.97. The topological polar surface area (TPSA) is 0 Å². The van der Waals surface area contributed by atoms with Crippen molar-refractivity contribution in [1.29, 1.82) is 0 Å². The summed E-state index contributed by atoms with van der Waals surface area (Å²) in [7, 11) is 0. The van der Waals surface area contributed by atoms with Crippen LogP contribution in [0.15, 0.2) is 0 Å². The molecule has 1 saturated carbocycles. The first-order chi connectivity index (χ1) is 4.73. The summed E-state index contributed by atoms with van der Waals surface area (Å²) in [6, 6.07) is 0. The summed E-state index contributed by atoms with van der Waals surface area (Å²) in [6.07, 6.45) is -3.63. The number of hydrogen-bond acceptors (Lipinski definition) is 0. The second-order valence-electron chi connectivity index (χ2n) is 4.36. The number of alkyl halides is 3. The Morgan fingerprint density at radius 3 is 1.55 bits per heavy atom. The van der Waals surface area contributed by atoms with Crippen LogP contribution in [0.5, 0.6) is 0 Å². The molecule has 3 heteroatoms. The van der Waals surface area contributed by atoms with Gasteiger partial charge in [0.2, 0.25) is 0 Å². The van der Waals surface area contributed by atoms with Crippen LogP contribution >= 0.6 is 0 Å². The van der Waals surface area contributed by atoms with Gasteiger partial charge in [-0.1, -0.05) is 20.8 Å². The first-order valence-electron chi connectivity index (χ1n) is 3.79. The van der Waals surface area contributed by atoms with Crippen LogP contribution < -0.4 is 0 Å². The average molecular weight is 166 g/mol. The van der Waals surface area contributed by atoms with Crippen LogP contribution in [0.25, 0.3) is 0 Å². The minimum atomic E-state index is -3.96. The van der Waals surface area contributed by atoms with E-state index < -0.39 is 12.1 Å². The molecular formula is C8H13F3. The molecule has 1 aliphatic carbocycles. The number of halogens is 3. The van der Waals surface area contributed by atoms with Crippen molar-refractivity contribution in [3.05, 3.63) is 0 Å². The molecule has 2 atom stereocenters. The Balaban J connectivity index is 2.51. The summed E-state index contributed by atoms with van der Waals surface area (Å²) < 4.78 is 36.1. The molecule has 66 valence electrons. The number of hydrogen-bond donors (Lipinski definition) is 0. The second kappa shape index (κ2) is 2.14. The van der Waals surface area contributed by atoms with Gasteiger partial charge in [-0.3, -0.25) is 0 Å². The summed E-state index contributed by atoms with van der Waals surface area (Å²) in [5.41, 5.74) is -0.180. The molecule has 0 amide bonds. The van der Waals surface area contributed by atoms with Gasteiger partial charge < -0.3 is 0 Å². The smallest absolute Gasteiger partial charge is 0.171 e. The quantitative estimate of drug-likeness (QED) is 0.518. The molecule has 0 radical (unpaired) electrons. The van der Waals surface area contributed by atoms with Gasteiger partial charge in [-0.15, -0.1) is 0 Å². The van der Waals surface area contributed by atoms with Gasteiger partial charge in [0.15, 0.2) is 0 Å². The molecule has 1 rings (SSSR count). The minimum Gasteiger partial charge on any atom is -0.171 e. The van der Waals surface area contributed by atoms with Crippen molar-refractivity contribution >= 4 is 0 Å². The van der Waals surface area contributed by atoms with E-state index in [9.17, 15) is 13.2 Å². The van der Waals surface area contributed by atoms with Crippen LogP contribution in [0.3, 0.4) is 0 Å². The van der Waals surface area contributed by atoms with Crippen LogP contribution in [0, 0.1) is 17.3 Å². The van der Waals surface area contributed by atoms with E-state index in [1.807, 2.05) is 20.8 Å². The zero-order valence-corrected chi connectivity index (χ0v) is 7.00. The van der Waals surface area contributed by atoms with Crippen molar-refractivity contribution < 1.29 is 13.2 Å². The van der Waals surface area contributed by atoms with E-state index in [0.717, 1.165) is 0 Å². The van der Waals surface area contributed by atoms with Gasteiger partial charge >= 0.3 is 6.18 Å². The summed E-state index contributed by atoms with van der Waals surface area (Å²) in [5.74, 6) is -1.18. The maximum atomic E-state index is 12.0. The molecule has 1 fully saturated rings. The van der Waals surface area contributed by atoms with Crippen LogP contribution in [0.2, 0.25) is 0 Å². The first kappa shape index (κ1) is 8.88. The molecule has 0 saturated heterocycles. The predicted molar refractivity (Wildman–Crippen MR) is 37.1 cm³/mol. The molecule has 0 aromatic carbocycles. The van der Waals surface area contributed by atoms with E-state index in [-0.39, 0.29) is 11.3 Å². The lowest BCUT2D eigenvalue weighted by atomic mass is 9.89. The molecule has 1 aliphatic rings. The molecule has 0 aliphatic heterocycles. The lowest BCUT2D eigenvalue weighted by molar-refractivity contribution is -0.153. The summed E-state index contributed by atoms with van der Waals surface area (Å²) >= 11 is 0. The molecule has 1 unspecified atom stereocenters.